The van der Waals surface area contributed by atoms with Crippen LogP contribution in [-0.4, -0.2) is 27.7 Å². The van der Waals surface area contributed by atoms with Gasteiger partial charge in [0.1, 0.15) is 16.9 Å². The molecule has 0 radical (unpaired) electrons. The van der Waals surface area contributed by atoms with Crippen molar-refractivity contribution >= 4 is 62.2 Å². The smallest absolute Gasteiger partial charge is 0.351 e. The Kier molecular flexibility index (Phi) is 6.40. The molecule has 0 fully saturated rings. The number of carbonyl (C=O) groups is 1. The van der Waals surface area contributed by atoms with Gasteiger partial charge in [-0.3, -0.25) is 0 Å². The molecule has 2 heterocycles. The quantitative estimate of drug-likeness (QED) is 0.182. The molecule has 8 nitrogen and oxygen atoms in total. The number of anilines is 2. The van der Waals surface area contributed by atoms with Gasteiger partial charge in [0, 0.05) is 27.3 Å². The molecule has 0 bridgehead atoms. The zero-order valence-corrected chi connectivity index (χ0v) is 21.7. The Balaban J connectivity index is 1.63. The molecule has 3 aromatic carbocycles. The molecule has 0 amide bonds. The van der Waals surface area contributed by atoms with Crippen LogP contribution in [-0.2, 0) is 13.0 Å². The van der Waals surface area contributed by atoms with Crippen molar-refractivity contribution in [1.29, 1.82) is 0 Å². The van der Waals surface area contributed by atoms with Gasteiger partial charge < -0.3 is 24.1 Å². The third kappa shape index (κ3) is 4.53. The molecule has 0 aliphatic rings. The van der Waals surface area contributed by atoms with Crippen molar-refractivity contribution in [2.75, 3.05) is 12.4 Å². The predicted molar refractivity (Wildman–Crippen MR) is 147 cm³/mol. The number of aryl methyl sites for hydroxylation is 3. The van der Waals surface area contributed by atoms with E-state index in [0.29, 0.717) is 34.5 Å². The summed E-state index contributed by atoms with van der Waals surface area (Å²) in [5.41, 5.74) is 2.91. The number of ether oxygens (including phenoxy) is 1. The van der Waals surface area contributed by atoms with Crippen molar-refractivity contribution in [1.82, 2.24) is 9.55 Å². The molecule has 0 aliphatic carbocycles. The highest BCUT2D eigenvalue weighted by Gasteiger charge is 2.20. The minimum Gasteiger partial charge on any atom is -0.497 e. The van der Waals surface area contributed by atoms with Crippen LogP contribution in [0.5, 0.6) is 5.75 Å². The second kappa shape index (κ2) is 9.65. The van der Waals surface area contributed by atoms with Crippen LogP contribution in [0.15, 0.2) is 69.9 Å². The number of nitrogens with zero attached hydrogens (tertiary/aromatic N) is 2. The van der Waals surface area contributed by atoms with Crippen molar-refractivity contribution in [3.8, 4) is 5.75 Å². The lowest BCUT2D eigenvalue weighted by Gasteiger charge is -2.12. The zero-order chi connectivity index (χ0) is 25.4. The normalized spacial score (nSPS) is 11.2. The van der Waals surface area contributed by atoms with E-state index in [0.717, 1.165) is 32.5 Å². The number of aromatic nitrogens is 2. The highest BCUT2D eigenvalue weighted by atomic mass is 127. The number of nitrogens with one attached hydrogen (secondary N) is 1. The summed E-state index contributed by atoms with van der Waals surface area (Å²) in [6.45, 7) is 2.22. The Morgan fingerprint density at radius 1 is 1.17 bits per heavy atom. The fourth-order valence-corrected chi connectivity index (χ4v) is 4.81. The zero-order valence-electron chi connectivity index (χ0n) is 19.5. The van der Waals surface area contributed by atoms with Gasteiger partial charge in [0.05, 0.1) is 18.1 Å². The first-order valence-corrected chi connectivity index (χ1v) is 12.3. The maximum absolute atomic E-state index is 12.4. The van der Waals surface area contributed by atoms with Crippen LogP contribution in [0, 0.1) is 10.5 Å². The Morgan fingerprint density at radius 3 is 2.64 bits per heavy atom. The highest BCUT2D eigenvalue weighted by molar-refractivity contribution is 14.1. The van der Waals surface area contributed by atoms with Crippen molar-refractivity contribution in [3.63, 3.8) is 0 Å². The van der Waals surface area contributed by atoms with Crippen LogP contribution in [0.4, 0.5) is 11.6 Å². The molecule has 2 aromatic heterocycles. The van der Waals surface area contributed by atoms with Crippen molar-refractivity contribution < 1.29 is 19.1 Å². The molecular weight excluding hydrogens is 573 g/mol. The van der Waals surface area contributed by atoms with Crippen molar-refractivity contribution in [3.05, 3.63) is 91.3 Å². The SMILES string of the molecule is COc1ccc(CCn2c(Nc3cccc(I)c3)nc3cc4c(C)c(C(=O)O)c(=O)oc4cc32)cc1. The number of fused-ring (bicyclic) bond motifs is 2. The van der Waals surface area contributed by atoms with Gasteiger partial charge in [0.2, 0.25) is 5.95 Å². The second-order valence-corrected chi connectivity index (χ2v) is 9.60. The summed E-state index contributed by atoms with van der Waals surface area (Å²) < 4.78 is 13.8. The molecule has 5 rings (SSSR count). The van der Waals surface area contributed by atoms with Gasteiger partial charge >= 0.3 is 11.6 Å². The van der Waals surface area contributed by atoms with Crippen LogP contribution < -0.4 is 15.7 Å². The molecule has 5 aromatic rings. The fourth-order valence-electron chi connectivity index (χ4n) is 4.27. The Labute approximate surface area is 219 Å². The molecule has 0 saturated carbocycles. The lowest BCUT2D eigenvalue weighted by Crippen LogP contribution is -2.15. The molecule has 0 aliphatic heterocycles. The van der Waals surface area contributed by atoms with E-state index in [1.54, 1.807) is 26.2 Å². The molecule has 0 unspecified atom stereocenters. The molecule has 9 heteroatoms. The first-order valence-electron chi connectivity index (χ1n) is 11.2. The van der Waals surface area contributed by atoms with Crippen LogP contribution in [0.25, 0.3) is 22.0 Å². The van der Waals surface area contributed by atoms with Crippen LogP contribution in [0.3, 0.4) is 0 Å². The Hall–Kier alpha value is -3.86. The van der Waals surface area contributed by atoms with Crippen molar-refractivity contribution in [2.24, 2.45) is 0 Å². The average molecular weight is 595 g/mol. The fraction of sp³-hybridized carbons (Fsp3) is 0.148. The number of hydrogen-bond donors (Lipinski definition) is 2. The van der Waals surface area contributed by atoms with E-state index in [4.69, 9.17) is 14.1 Å². The number of carboxylic acid groups (broad SMARTS) is 1. The topological polar surface area (TPSA) is 107 Å². The monoisotopic (exact) mass is 595 g/mol. The van der Waals surface area contributed by atoms with E-state index < -0.39 is 11.6 Å². The van der Waals surface area contributed by atoms with Gasteiger partial charge in [0.25, 0.3) is 0 Å². The molecule has 36 heavy (non-hydrogen) atoms. The van der Waals surface area contributed by atoms with Crippen LogP contribution in [0.1, 0.15) is 21.5 Å². The lowest BCUT2D eigenvalue weighted by atomic mass is 10.1. The number of carboxylic acids is 1. The molecule has 0 spiro atoms. The molecule has 0 atom stereocenters. The minimum absolute atomic E-state index is 0.321. The number of halogens is 1. The van der Waals surface area contributed by atoms with E-state index in [9.17, 15) is 14.7 Å². The number of aromatic carboxylic acids is 1. The number of methoxy groups -OCH3 is 1. The first kappa shape index (κ1) is 23.9. The summed E-state index contributed by atoms with van der Waals surface area (Å²) in [6, 6.07) is 19.4. The van der Waals surface area contributed by atoms with Crippen LogP contribution >= 0.6 is 22.6 Å². The number of rotatable bonds is 7. The largest absolute Gasteiger partial charge is 0.497 e. The average Bonchev–Trinajstić information content (AvgIpc) is 3.17. The molecule has 2 N–H and O–H groups in total. The molecule has 0 saturated heterocycles. The third-order valence-electron chi connectivity index (χ3n) is 6.11. The van der Waals surface area contributed by atoms with Gasteiger partial charge in [-0.2, -0.15) is 0 Å². The summed E-state index contributed by atoms with van der Waals surface area (Å²) in [4.78, 5) is 28.8. The van der Waals surface area contributed by atoms with E-state index in [1.165, 1.54) is 0 Å². The summed E-state index contributed by atoms with van der Waals surface area (Å²) in [6.07, 6.45) is 0.732. The van der Waals surface area contributed by atoms with Gasteiger partial charge in [-0.05, 0) is 83.5 Å². The third-order valence-corrected chi connectivity index (χ3v) is 6.78. The maximum Gasteiger partial charge on any atom is 0.351 e. The van der Waals surface area contributed by atoms with E-state index in [-0.39, 0.29) is 5.56 Å². The summed E-state index contributed by atoms with van der Waals surface area (Å²) in [7, 11) is 1.64. The minimum atomic E-state index is -1.31. The lowest BCUT2D eigenvalue weighted by molar-refractivity contribution is 0.0691. The molecular formula is C27H22IN3O5. The Bertz CT molecular complexity index is 1670. The van der Waals surface area contributed by atoms with Gasteiger partial charge in [0.15, 0.2) is 0 Å². The predicted octanol–water partition coefficient (Wildman–Crippen LogP) is 5.75. The number of benzene rings is 3. The maximum atomic E-state index is 12.4. The van der Waals surface area contributed by atoms with Crippen LogP contribution in [0.2, 0.25) is 0 Å². The second-order valence-electron chi connectivity index (χ2n) is 8.35. The van der Waals surface area contributed by atoms with E-state index in [1.807, 2.05) is 53.1 Å². The first-order chi connectivity index (χ1) is 17.3. The van der Waals surface area contributed by atoms with Gasteiger partial charge in [-0.1, -0.05) is 18.2 Å². The number of imidazole rings is 1. The number of hydrogen-bond acceptors (Lipinski definition) is 6. The van der Waals surface area contributed by atoms with E-state index in [2.05, 4.69) is 27.9 Å². The summed E-state index contributed by atoms with van der Waals surface area (Å²) >= 11 is 2.26. The molecule has 182 valence electrons. The van der Waals surface area contributed by atoms with Gasteiger partial charge in [-0.15, -0.1) is 0 Å². The summed E-state index contributed by atoms with van der Waals surface area (Å²) in [5, 5.41) is 13.4. The van der Waals surface area contributed by atoms with E-state index >= 15 is 0 Å². The van der Waals surface area contributed by atoms with Gasteiger partial charge in [-0.25, -0.2) is 14.6 Å². The Morgan fingerprint density at radius 2 is 1.94 bits per heavy atom. The van der Waals surface area contributed by atoms with Crippen molar-refractivity contribution in [2.45, 2.75) is 19.9 Å². The standard InChI is InChI=1S/C27H22IN3O5/c1-15-20-13-21-22(14-23(20)36-26(34)24(15)25(32)33)31(11-10-16-6-8-19(35-2)9-7-16)27(30-21)29-18-5-3-4-17(28)12-18/h3-9,12-14H,10-11H2,1-2H3,(H,29,30)(H,32,33). The summed E-state index contributed by atoms with van der Waals surface area (Å²) in [5.74, 6) is 0.119. The highest BCUT2D eigenvalue weighted by Crippen LogP contribution is 2.30.